The van der Waals surface area contributed by atoms with Crippen molar-refractivity contribution in [2.24, 2.45) is 0 Å². The van der Waals surface area contributed by atoms with Crippen LogP contribution in [-0.2, 0) is 19.8 Å². The lowest BCUT2D eigenvalue weighted by atomic mass is 9.83. The van der Waals surface area contributed by atoms with Gasteiger partial charge in [-0.25, -0.2) is 9.69 Å². The van der Waals surface area contributed by atoms with Crippen molar-refractivity contribution in [3.8, 4) is 0 Å². The number of urea groups is 1. The van der Waals surface area contributed by atoms with E-state index < -0.39 is 24.4 Å². The monoisotopic (exact) mass is 395 g/mol. The van der Waals surface area contributed by atoms with Gasteiger partial charge < -0.3 is 4.90 Å². The molecule has 1 saturated carbocycles. The van der Waals surface area contributed by atoms with E-state index in [9.17, 15) is 19.2 Å². The quantitative estimate of drug-likeness (QED) is 0.445. The molecule has 7 heteroatoms. The maximum atomic E-state index is 12.8. The zero-order valence-electron chi connectivity index (χ0n) is 17.0. The van der Waals surface area contributed by atoms with E-state index >= 15 is 0 Å². The van der Waals surface area contributed by atoms with Crippen LogP contribution in [0.25, 0.3) is 0 Å². The number of ketones is 1. The van der Waals surface area contributed by atoms with Gasteiger partial charge in [0.25, 0.3) is 0 Å². The van der Waals surface area contributed by atoms with Crippen LogP contribution in [0.2, 0.25) is 0 Å². The van der Waals surface area contributed by atoms with Crippen molar-refractivity contribution in [3.05, 3.63) is 41.6 Å². The summed E-state index contributed by atoms with van der Waals surface area (Å²) in [6.07, 6.45) is 4.79. The lowest BCUT2D eigenvalue weighted by Gasteiger charge is -2.24. The highest BCUT2D eigenvalue weighted by Crippen LogP contribution is 2.46. The number of carbonyl (C=O) groups excluding carboxylic acids is 4. The van der Waals surface area contributed by atoms with Crippen LogP contribution in [0.15, 0.2) is 36.0 Å². The van der Waals surface area contributed by atoms with Gasteiger partial charge in [-0.3, -0.25) is 19.3 Å². The summed E-state index contributed by atoms with van der Waals surface area (Å²) < 4.78 is 0. The largest absolute Gasteiger partial charge is 0.347 e. The highest BCUT2D eigenvalue weighted by molar-refractivity contribution is 6.45. The highest BCUT2D eigenvalue weighted by atomic mass is 16.2. The van der Waals surface area contributed by atoms with E-state index in [1.807, 2.05) is 50.1 Å². The SMILES string of the molecule is CN1/C(=C\C(=O)CN2C(=O)C(=O)N(C3CCCC3)C2=O)C(C)(C)c2ccccc21. The van der Waals surface area contributed by atoms with Gasteiger partial charge in [-0.1, -0.05) is 44.9 Å². The molecule has 0 aromatic heterocycles. The van der Waals surface area contributed by atoms with Crippen molar-refractivity contribution < 1.29 is 19.2 Å². The van der Waals surface area contributed by atoms with Crippen LogP contribution in [0.1, 0.15) is 45.1 Å². The van der Waals surface area contributed by atoms with E-state index in [0.717, 1.165) is 39.6 Å². The molecule has 0 bridgehead atoms. The number of benzene rings is 1. The summed E-state index contributed by atoms with van der Waals surface area (Å²) in [6.45, 7) is 3.65. The smallest absolute Gasteiger partial charge is 0.334 e. The Balaban J connectivity index is 1.55. The van der Waals surface area contributed by atoms with Gasteiger partial charge in [0.1, 0.15) is 0 Å². The summed E-state index contributed by atoms with van der Waals surface area (Å²) in [4.78, 5) is 53.9. The van der Waals surface area contributed by atoms with Crippen LogP contribution in [0, 0.1) is 0 Å². The summed E-state index contributed by atoms with van der Waals surface area (Å²) in [5, 5.41) is 0. The summed E-state index contributed by atoms with van der Waals surface area (Å²) in [5.74, 6) is -2.10. The van der Waals surface area contributed by atoms with Crippen LogP contribution in [0.4, 0.5) is 10.5 Å². The number of imide groups is 2. The first-order valence-electron chi connectivity index (χ1n) is 10.0. The molecular formula is C22H25N3O4. The molecule has 0 spiro atoms. The van der Waals surface area contributed by atoms with E-state index in [2.05, 4.69) is 0 Å². The number of amides is 4. The average Bonchev–Trinajstić information content (AvgIpc) is 3.33. The standard InChI is InChI=1S/C22H25N3O4/c1-22(2)16-10-6-7-11-17(16)23(3)18(22)12-15(26)13-24-19(27)20(28)25(21(24)29)14-8-4-5-9-14/h6-7,10-12,14H,4-5,8-9,13H2,1-3H3/b18-12-. The zero-order chi connectivity index (χ0) is 20.9. The lowest BCUT2D eigenvalue weighted by molar-refractivity contribution is -0.144. The van der Waals surface area contributed by atoms with Crippen molar-refractivity contribution in [1.82, 2.24) is 9.80 Å². The molecule has 1 aliphatic carbocycles. The zero-order valence-corrected chi connectivity index (χ0v) is 17.0. The Morgan fingerprint density at radius 1 is 1.10 bits per heavy atom. The van der Waals surface area contributed by atoms with Crippen LogP contribution in [0.5, 0.6) is 0 Å². The van der Waals surface area contributed by atoms with Gasteiger partial charge in [0, 0.05) is 36.0 Å². The number of likely N-dealkylation sites (N-methyl/N-ethyl adjacent to an activating group) is 1. The Bertz CT molecular complexity index is 943. The molecule has 0 atom stereocenters. The number of allylic oxidation sites excluding steroid dienone is 1. The Hall–Kier alpha value is -2.96. The number of fused-ring (bicyclic) bond motifs is 1. The molecular weight excluding hydrogens is 370 g/mol. The van der Waals surface area contributed by atoms with E-state index in [1.165, 1.54) is 6.08 Å². The third-order valence-corrected chi connectivity index (χ3v) is 6.33. The van der Waals surface area contributed by atoms with Crippen molar-refractivity contribution >= 4 is 29.3 Å². The second-order valence-electron chi connectivity index (χ2n) is 8.48. The van der Waals surface area contributed by atoms with Gasteiger partial charge in [-0.05, 0) is 24.5 Å². The summed E-state index contributed by atoms with van der Waals surface area (Å²) in [6, 6.07) is 7.04. The predicted molar refractivity (Wildman–Crippen MR) is 107 cm³/mol. The van der Waals surface area contributed by atoms with Crippen molar-refractivity contribution in [2.75, 3.05) is 18.5 Å². The van der Waals surface area contributed by atoms with Gasteiger partial charge in [-0.15, -0.1) is 0 Å². The first-order valence-corrected chi connectivity index (χ1v) is 10.0. The van der Waals surface area contributed by atoms with E-state index in [0.29, 0.717) is 12.8 Å². The molecule has 1 aromatic carbocycles. The summed E-state index contributed by atoms with van der Waals surface area (Å²) >= 11 is 0. The fourth-order valence-corrected chi connectivity index (χ4v) is 4.76. The molecule has 3 aliphatic rings. The van der Waals surface area contributed by atoms with Gasteiger partial charge in [0.15, 0.2) is 5.78 Å². The molecule has 4 amide bonds. The van der Waals surface area contributed by atoms with E-state index in [1.54, 1.807) is 0 Å². The third-order valence-electron chi connectivity index (χ3n) is 6.33. The van der Waals surface area contributed by atoms with Crippen LogP contribution in [0.3, 0.4) is 0 Å². The van der Waals surface area contributed by atoms with E-state index in [-0.39, 0.29) is 17.2 Å². The molecule has 152 valence electrons. The lowest BCUT2D eigenvalue weighted by Crippen LogP contribution is -2.41. The second kappa shape index (κ2) is 6.83. The molecule has 1 aromatic rings. The number of anilines is 1. The molecule has 4 rings (SSSR count). The Morgan fingerprint density at radius 2 is 1.76 bits per heavy atom. The van der Waals surface area contributed by atoms with Crippen molar-refractivity contribution in [2.45, 2.75) is 51.0 Å². The topological polar surface area (TPSA) is 78.0 Å². The fourth-order valence-electron chi connectivity index (χ4n) is 4.76. The van der Waals surface area contributed by atoms with Gasteiger partial charge >= 0.3 is 17.8 Å². The van der Waals surface area contributed by atoms with Crippen LogP contribution < -0.4 is 4.90 Å². The average molecular weight is 395 g/mol. The molecule has 0 radical (unpaired) electrons. The molecule has 0 N–H and O–H groups in total. The third kappa shape index (κ3) is 2.96. The van der Waals surface area contributed by atoms with Gasteiger partial charge in [-0.2, -0.15) is 0 Å². The van der Waals surface area contributed by atoms with Crippen molar-refractivity contribution in [1.29, 1.82) is 0 Å². The normalized spacial score (nSPS) is 22.9. The Kier molecular flexibility index (Phi) is 4.56. The molecule has 2 heterocycles. The maximum absolute atomic E-state index is 12.8. The van der Waals surface area contributed by atoms with Gasteiger partial charge in [0.05, 0.1) is 6.54 Å². The first-order chi connectivity index (χ1) is 13.7. The van der Waals surface area contributed by atoms with Crippen LogP contribution in [-0.4, -0.2) is 53.1 Å². The summed E-state index contributed by atoms with van der Waals surface area (Å²) in [7, 11) is 1.89. The molecule has 1 saturated heterocycles. The maximum Gasteiger partial charge on any atom is 0.334 e. The minimum atomic E-state index is -0.907. The predicted octanol–water partition coefficient (Wildman–Crippen LogP) is 2.60. The number of carbonyl (C=O) groups is 4. The molecule has 2 aliphatic heterocycles. The number of para-hydroxylation sites is 1. The second-order valence-corrected chi connectivity index (χ2v) is 8.48. The minimum absolute atomic E-state index is 0.230. The number of hydrogen-bond donors (Lipinski definition) is 0. The highest BCUT2D eigenvalue weighted by Gasteiger charge is 2.48. The fraction of sp³-hybridized carbons (Fsp3) is 0.455. The van der Waals surface area contributed by atoms with Crippen LogP contribution >= 0.6 is 0 Å². The van der Waals surface area contributed by atoms with E-state index in [4.69, 9.17) is 0 Å². The minimum Gasteiger partial charge on any atom is -0.347 e. The molecule has 7 nitrogen and oxygen atoms in total. The van der Waals surface area contributed by atoms with Gasteiger partial charge in [0.2, 0.25) is 0 Å². The van der Waals surface area contributed by atoms with Crippen molar-refractivity contribution in [3.63, 3.8) is 0 Å². The first kappa shape index (κ1) is 19.4. The summed E-state index contributed by atoms with van der Waals surface area (Å²) in [5.41, 5.74) is 2.54. The number of hydrogen-bond acceptors (Lipinski definition) is 5. The Morgan fingerprint density at radius 3 is 2.41 bits per heavy atom. The molecule has 0 unspecified atom stereocenters. The molecule has 29 heavy (non-hydrogen) atoms. The molecule has 2 fully saturated rings. The number of rotatable bonds is 4. The number of nitrogens with zero attached hydrogens (tertiary/aromatic N) is 3. The Labute approximate surface area is 169 Å².